The van der Waals surface area contributed by atoms with Crippen molar-refractivity contribution < 1.29 is 14.6 Å². The lowest BCUT2D eigenvalue weighted by Gasteiger charge is -2.23. The summed E-state index contributed by atoms with van der Waals surface area (Å²) in [6, 6.07) is 5.68. The average Bonchev–Trinajstić information content (AvgIpc) is 2.25. The molecule has 2 unspecified atom stereocenters. The van der Waals surface area contributed by atoms with Crippen molar-refractivity contribution in [1.29, 1.82) is 0 Å². The molecule has 0 fully saturated rings. The van der Waals surface area contributed by atoms with Crippen molar-refractivity contribution in [3.63, 3.8) is 0 Å². The van der Waals surface area contributed by atoms with Crippen molar-refractivity contribution >= 4 is 26.3 Å². The van der Waals surface area contributed by atoms with Crippen molar-refractivity contribution in [3.8, 4) is 11.5 Å². The van der Waals surface area contributed by atoms with Gasteiger partial charge in [-0.15, -0.1) is 0 Å². The molecule has 0 saturated carbocycles. The van der Waals surface area contributed by atoms with Gasteiger partial charge in [0, 0.05) is 0 Å². The molecule has 1 aromatic carbocycles. The van der Waals surface area contributed by atoms with Gasteiger partial charge in [-0.25, -0.2) is 0 Å². The highest BCUT2D eigenvalue weighted by Crippen LogP contribution is 2.35. The minimum absolute atomic E-state index is 0.0372. The zero-order valence-corrected chi connectivity index (χ0v) is 12.2. The van der Waals surface area contributed by atoms with E-state index >= 15 is 0 Å². The highest BCUT2D eigenvalue weighted by atomic mass is 31.1. The molecule has 6 heteroatoms. The monoisotopic (exact) mass is 270 g/mol. The first kappa shape index (κ1) is 14.8. The maximum Gasteiger partial charge on any atom is 0.162 e. The highest BCUT2D eigenvalue weighted by molar-refractivity contribution is 7.43. The van der Waals surface area contributed by atoms with Gasteiger partial charge in [-0.1, -0.05) is 31.5 Å². The lowest BCUT2D eigenvalue weighted by Crippen LogP contribution is -2.20. The van der Waals surface area contributed by atoms with E-state index < -0.39 is 4.98 Å². The first-order chi connectivity index (χ1) is 7.96. The van der Waals surface area contributed by atoms with Gasteiger partial charge in [0.25, 0.3) is 0 Å². The van der Waals surface area contributed by atoms with E-state index in [1.165, 1.54) is 0 Å². The Hall–Kier alpha value is -0.295. The molecule has 0 saturated heterocycles. The van der Waals surface area contributed by atoms with E-state index in [0.717, 1.165) is 12.0 Å². The fourth-order valence-corrected chi connectivity index (χ4v) is 1.57. The molecule has 0 aliphatic rings. The van der Waals surface area contributed by atoms with Gasteiger partial charge in [0.2, 0.25) is 0 Å². The Balaban J connectivity index is 2.94. The summed E-state index contributed by atoms with van der Waals surface area (Å²) in [5.74, 6) is 1.15. The zero-order valence-electron chi connectivity index (χ0n) is 9.85. The third-order valence-electron chi connectivity index (χ3n) is 2.05. The molecule has 3 nitrogen and oxygen atoms in total. The molecule has 0 amide bonds. The second-order valence-corrected chi connectivity index (χ2v) is 6.13. The lowest BCUT2D eigenvalue weighted by atomic mass is 10.1. The lowest BCUT2D eigenvalue weighted by molar-refractivity contribution is 0.193. The van der Waals surface area contributed by atoms with Gasteiger partial charge in [0.05, 0.1) is 11.6 Å². The van der Waals surface area contributed by atoms with Crippen molar-refractivity contribution in [2.24, 2.45) is 0 Å². The SMILES string of the molecule is [B]C(P)(P)Oc1cc(CC)ccc1OCCO. The maximum absolute atomic E-state index is 8.75. The number of aliphatic hydroxyl groups is 1. The topological polar surface area (TPSA) is 38.7 Å². The van der Waals surface area contributed by atoms with Gasteiger partial charge in [-0.05, 0) is 24.1 Å². The Morgan fingerprint density at radius 2 is 2.06 bits per heavy atom. The summed E-state index contributed by atoms with van der Waals surface area (Å²) in [5, 5.41) is 8.75. The summed E-state index contributed by atoms with van der Waals surface area (Å²) in [4.78, 5) is -0.927. The Morgan fingerprint density at radius 3 is 2.59 bits per heavy atom. The molecular formula is C11H17BO3P2. The van der Waals surface area contributed by atoms with Crippen LogP contribution >= 0.6 is 18.5 Å². The van der Waals surface area contributed by atoms with Crippen LogP contribution < -0.4 is 9.47 Å². The number of benzene rings is 1. The molecule has 1 N–H and O–H groups in total. The average molecular weight is 270 g/mol. The Bertz CT molecular complexity index is 366. The van der Waals surface area contributed by atoms with Crippen molar-refractivity contribution in [2.75, 3.05) is 13.2 Å². The molecule has 0 aliphatic heterocycles. The summed E-state index contributed by atoms with van der Waals surface area (Å²) in [6.45, 7) is 2.25. The molecule has 0 aromatic heterocycles. The predicted molar refractivity (Wildman–Crippen MR) is 76.9 cm³/mol. The van der Waals surface area contributed by atoms with Gasteiger partial charge < -0.3 is 14.6 Å². The van der Waals surface area contributed by atoms with Gasteiger partial charge in [-0.3, -0.25) is 0 Å². The van der Waals surface area contributed by atoms with E-state index in [2.05, 4.69) is 25.4 Å². The normalized spacial score (nSPS) is 11.3. The Morgan fingerprint density at radius 1 is 1.35 bits per heavy atom. The molecule has 2 atom stereocenters. The van der Waals surface area contributed by atoms with Crippen LogP contribution in [0.3, 0.4) is 0 Å². The molecule has 2 radical (unpaired) electrons. The van der Waals surface area contributed by atoms with Gasteiger partial charge in [-0.2, -0.15) is 0 Å². The molecule has 0 aliphatic carbocycles. The summed E-state index contributed by atoms with van der Waals surface area (Å²) < 4.78 is 11.0. The first-order valence-electron chi connectivity index (χ1n) is 5.38. The van der Waals surface area contributed by atoms with E-state index in [-0.39, 0.29) is 13.2 Å². The standard InChI is InChI=1S/C11H17BO3P2/c1-2-8-3-4-9(14-6-5-13)10(7-8)15-11(12,16)17/h3-4,7,13H,2,5-6,16-17H2,1H3. The van der Waals surface area contributed by atoms with E-state index in [0.29, 0.717) is 11.5 Å². The summed E-state index contributed by atoms with van der Waals surface area (Å²) in [6.07, 6.45) is 0.905. The van der Waals surface area contributed by atoms with E-state index in [9.17, 15) is 0 Å². The fraction of sp³-hybridized carbons (Fsp3) is 0.455. The second-order valence-electron chi connectivity index (χ2n) is 3.66. The van der Waals surface area contributed by atoms with E-state index in [1.807, 2.05) is 18.2 Å². The molecular weight excluding hydrogens is 253 g/mol. The van der Waals surface area contributed by atoms with E-state index in [4.69, 9.17) is 22.4 Å². The third-order valence-corrected chi connectivity index (χ3v) is 2.29. The van der Waals surface area contributed by atoms with Crippen LogP contribution in [0.2, 0.25) is 0 Å². The molecule has 17 heavy (non-hydrogen) atoms. The van der Waals surface area contributed by atoms with Crippen LogP contribution in [0.5, 0.6) is 11.5 Å². The summed E-state index contributed by atoms with van der Waals surface area (Å²) in [5.41, 5.74) is 1.13. The minimum Gasteiger partial charge on any atom is -0.487 e. The molecule has 0 heterocycles. The maximum atomic E-state index is 8.75. The minimum atomic E-state index is -0.927. The van der Waals surface area contributed by atoms with Crippen LogP contribution in [0.25, 0.3) is 0 Å². The molecule has 1 rings (SSSR count). The number of hydrogen-bond donors (Lipinski definition) is 1. The van der Waals surface area contributed by atoms with Crippen LogP contribution in [0.15, 0.2) is 18.2 Å². The van der Waals surface area contributed by atoms with E-state index in [1.54, 1.807) is 0 Å². The Kier molecular flexibility index (Phi) is 5.72. The number of aryl methyl sites for hydroxylation is 1. The summed E-state index contributed by atoms with van der Waals surface area (Å²) >= 11 is 0. The van der Waals surface area contributed by atoms with Crippen LogP contribution in [0.4, 0.5) is 0 Å². The number of hydrogen-bond acceptors (Lipinski definition) is 3. The molecule has 92 valence electrons. The highest BCUT2D eigenvalue weighted by Gasteiger charge is 2.15. The largest absolute Gasteiger partial charge is 0.487 e. The Labute approximate surface area is 108 Å². The van der Waals surface area contributed by atoms with Crippen LogP contribution in [-0.4, -0.2) is 31.1 Å². The predicted octanol–water partition coefficient (Wildman–Crippen LogP) is 1.53. The fourth-order valence-electron chi connectivity index (χ4n) is 1.32. The first-order valence-corrected chi connectivity index (χ1v) is 6.54. The molecule has 1 aromatic rings. The number of rotatable bonds is 6. The smallest absolute Gasteiger partial charge is 0.162 e. The van der Waals surface area contributed by atoms with Crippen molar-refractivity contribution in [1.82, 2.24) is 0 Å². The molecule has 0 bridgehead atoms. The molecule has 0 spiro atoms. The van der Waals surface area contributed by atoms with Crippen LogP contribution in [0, 0.1) is 0 Å². The quantitative estimate of drug-likeness (QED) is 0.629. The van der Waals surface area contributed by atoms with Crippen LogP contribution in [-0.2, 0) is 6.42 Å². The number of aliphatic hydroxyl groups excluding tert-OH is 1. The summed E-state index contributed by atoms with van der Waals surface area (Å²) in [7, 11) is 10.5. The van der Waals surface area contributed by atoms with Gasteiger partial charge >= 0.3 is 0 Å². The van der Waals surface area contributed by atoms with Crippen molar-refractivity contribution in [2.45, 2.75) is 18.3 Å². The van der Waals surface area contributed by atoms with Crippen LogP contribution in [0.1, 0.15) is 12.5 Å². The zero-order chi connectivity index (χ0) is 12.9. The van der Waals surface area contributed by atoms with Crippen molar-refractivity contribution in [3.05, 3.63) is 23.8 Å². The number of ether oxygens (including phenoxy) is 2. The van der Waals surface area contributed by atoms with Gasteiger partial charge in [0.15, 0.2) is 11.5 Å². The van der Waals surface area contributed by atoms with Gasteiger partial charge in [0.1, 0.15) is 14.5 Å². The second kappa shape index (κ2) is 6.59. The third kappa shape index (κ3) is 5.25.